The summed E-state index contributed by atoms with van der Waals surface area (Å²) in [7, 11) is 1.65. The SMILES string of the molecule is COc1ccc(OCCCn2c(CCCNC(=O)c3ccc(Br)cc3)nc3ccccc32)cc1. The molecular weight excluding hydrogens is 494 g/mol. The van der Waals surface area contributed by atoms with Gasteiger partial charge in [0.25, 0.3) is 5.91 Å². The van der Waals surface area contributed by atoms with E-state index in [1.807, 2.05) is 66.7 Å². The van der Waals surface area contributed by atoms with Gasteiger partial charge >= 0.3 is 0 Å². The van der Waals surface area contributed by atoms with Crippen molar-refractivity contribution in [2.45, 2.75) is 25.8 Å². The number of imidazole rings is 1. The number of amides is 1. The molecule has 0 saturated heterocycles. The number of methoxy groups -OCH3 is 1. The van der Waals surface area contributed by atoms with Crippen LogP contribution in [-0.2, 0) is 13.0 Å². The highest BCUT2D eigenvalue weighted by atomic mass is 79.9. The number of aromatic nitrogens is 2. The van der Waals surface area contributed by atoms with Crippen LogP contribution < -0.4 is 14.8 Å². The molecule has 0 saturated carbocycles. The van der Waals surface area contributed by atoms with Gasteiger partial charge in [0, 0.05) is 29.5 Å². The van der Waals surface area contributed by atoms with Gasteiger partial charge in [-0.25, -0.2) is 4.98 Å². The van der Waals surface area contributed by atoms with E-state index in [0.717, 1.165) is 58.6 Å². The molecule has 0 bridgehead atoms. The van der Waals surface area contributed by atoms with Crippen LogP contribution in [0.4, 0.5) is 0 Å². The third-order valence-electron chi connectivity index (χ3n) is 5.56. The molecule has 0 atom stereocenters. The lowest BCUT2D eigenvalue weighted by Gasteiger charge is -2.11. The van der Waals surface area contributed by atoms with Gasteiger partial charge in [0.2, 0.25) is 0 Å². The minimum absolute atomic E-state index is 0.0586. The smallest absolute Gasteiger partial charge is 0.251 e. The standard InChI is InChI=1S/C27H28BrN3O3/c1-33-22-13-15-23(16-14-22)34-19-5-18-31-25-7-3-2-6-24(25)30-26(31)8-4-17-29-27(32)20-9-11-21(28)12-10-20/h2-3,6-7,9-16H,4-5,8,17-19H2,1H3,(H,29,32). The lowest BCUT2D eigenvalue weighted by molar-refractivity contribution is 0.0953. The molecule has 6 nitrogen and oxygen atoms in total. The van der Waals surface area contributed by atoms with Crippen molar-refractivity contribution in [3.63, 3.8) is 0 Å². The van der Waals surface area contributed by atoms with Crippen LogP contribution in [-0.4, -0.2) is 35.7 Å². The van der Waals surface area contributed by atoms with Crippen LogP contribution in [0.15, 0.2) is 77.3 Å². The second kappa shape index (κ2) is 11.7. The number of halogens is 1. The summed E-state index contributed by atoms with van der Waals surface area (Å²) in [5.41, 5.74) is 2.78. The number of nitrogens with one attached hydrogen (secondary N) is 1. The first-order valence-corrected chi connectivity index (χ1v) is 12.2. The topological polar surface area (TPSA) is 65.4 Å². The van der Waals surface area contributed by atoms with Crippen LogP contribution in [0, 0.1) is 0 Å². The van der Waals surface area contributed by atoms with E-state index in [4.69, 9.17) is 14.5 Å². The van der Waals surface area contributed by atoms with Crippen molar-refractivity contribution >= 4 is 32.9 Å². The Labute approximate surface area is 208 Å². The molecule has 0 radical (unpaired) electrons. The molecule has 4 rings (SSSR count). The van der Waals surface area contributed by atoms with E-state index in [1.54, 1.807) is 7.11 Å². The fourth-order valence-corrected chi connectivity index (χ4v) is 4.07. The van der Waals surface area contributed by atoms with Crippen LogP contribution in [0.1, 0.15) is 29.0 Å². The molecule has 0 spiro atoms. The van der Waals surface area contributed by atoms with Gasteiger partial charge in [0.05, 0.1) is 24.8 Å². The Hall–Kier alpha value is -3.32. The lowest BCUT2D eigenvalue weighted by Crippen LogP contribution is -2.25. The molecule has 0 fully saturated rings. The van der Waals surface area contributed by atoms with Crippen molar-refractivity contribution in [2.75, 3.05) is 20.3 Å². The molecule has 1 N–H and O–H groups in total. The van der Waals surface area contributed by atoms with E-state index in [0.29, 0.717) is 18.7 Å². The maximum Gasteiger partial charge on any atom is 0.251 e. The largest absolute Gasteiger partial charge is 0.497 e. The minimum atomic E-state index is -0.0586. The summed E-state index contributed by atoms with van der Waals surface area (Å²) in [5.74, 6) is 2.62. The van der Waals surface area contributed by atoms with Gasteiger partial charge in [-0.2, -0.15) is 0 Å². The summed E-state index contributed by atoms with van der Waals surface area (Å²) in [6, 6.07) is 23.2. The van der Waals surface area contributed by atoms with Crippen LogP contribution in [0.25, 0.3) is 11.0 Å². The Kier molecular flexibility index (Phi) is 8.20. The first-order valence-electron chi connectivity index (χ1n) is 11.4. The number of benzene rings is 3. The van der Waals surface area contributed by atoms with Gasteiger partial charge in [-0.05, 0) is 73.5 Å². The van der Waals surface area contributed by atoms with Gasteiger partial charge in [-0.3, -0.25) is 4.79 Å². The van der Waals surface area contributed by atoms with Crippen LogP contribution in [0.3, 0.4) is 0 Å². The Morgan fingerprint density at radius 1 is 0.971 bits per heavy atom. The summed E-state index contributed by atoms with van der Waals surface area (Å²) in [5, 5.41) is 3.00. The molecule has 0 unspecified atom stereocenters. The average Bonchev–Trinajstić information content (AvgIpc) is 3.22. The van der Waals surface area contributed by atoms with Crippen molar-refractivity contribution in [2.24, 2.45) is 0 Å². The fourth-order valence-electron chi connectivity index (χ4n) is 3.80. The normalized spacial score (nSPS) is 10.9. The third kappa shape index (κ3) is 6.17. The Morgan fingerprint density at radius 2 is 1.71 bits per heavy atom. The van der Waals surface area contributed by atoms with E-state index < -0.39 is 0 Å². The Bertz CT molecular complexity index is 1220. The number of nitrogens with zero attached hydrogens (tertiary/aromatic N) is 2. The number of ether oxygens (including phenoxy) is 2. The first-order chi connectivity index (χ1) is 16.6. The minimum Gasteiger partial charge on any atom is -0.497 e. The number of para-hydroxylation sites is 2. The maximum atomic E-state index is 12.3. The van der Waals surface area contributed by atoms with Crippen molar-refractivity contribution in [1.29, 1.82) is 0 Å². The molecule has 1 heterocycles. The highest BCUT2D eigenvalue weighted by Crippen LogP contribution is 2.19. The monoisotopic (exact) mass is 521 g/mol. The number of carbonyl (C=O) groups excluding carboxylic acids is 1. The van der Waals surface area contributed by atoms with E-state index in [1.165, 1.54) is 0 Å². The van der Waals surface area contributed by atoms with Crippen LogP contribution >= 0.6 is 15.9 Å². The predicted molar refractivity (Wildman–Crippen MR) is 138 cm³/mol. The van der Waals surface area contributed by atoms with Gasteiger partial charge in [0.15, 0.2) is 0 Å². The third-order valence-corrected chi connectivity index (χ3v) is 6.09. The molecule has 7 heteroatoms. The number of rotatable bonds is 11. The quantitative estimate of drug-likeness (QED) is 0.259. The van der Waals surface area contributed by atoms with Crippen LogP contribution in [0.5, 0.6) is 11.5 Å². The zero-order chi connectivity index (χ0) is 23.8. The average molecular weight is 522 g/mol. The molecule has 3 aromatic carbocycles. The van der Waals surface area contributed by atoms with E-state index in [2.05, 4.69) is 31.9 Å². The Morgan fingerprint density at radius 3 is 2.47 bits per heavy atom. The second-order valence-electron chi connectivity index (χ2n) is 7.91. The summed E-state index contributed by atoms with van der Waals surface area (Å²) in [6.45, 7) is 2.03. The molecule has 0 aliphatic rings. The van der Waals surface area contributed by atoms with Crippen molar-refractivity contribution < 1.29 is 14.3 Å². The van der Waals surface area contributed by atoms with Crippen molar-refractivity contribution in [1.82, 2.24) is 14.9 Å². The predicted octanol–water partition coefficient (Wildman–Crippen LogP) is 5.64. The molecule has 1 aromatic heterocycles. The van der Waals surface area contributed by atoms with E-state index in [9.17, 15) is 4.79 Å². The first kappa shape index (κ1) is 23.8. The van der Waals surface area contributed by atoms with Crippen molar-refractivity contribution in [3.8, 4) is 11.5 Å². The zero-order valence-electron chi connectivity index (χ0n) is 19.2. The number of fused-ring (bicyclic) bond motifs is 1. The molecular formula is C27H28BrN3O3. The summed E-state index contributed by atoms with van der Waals surface area (Å²) in [4.78, 5) is 17.2. The summed E-state index contributed by atoms with van der Waals surface area (Å²) >= 11 is 3.39. The number of aryl methyl sites for hydroxylation is 2. The Balaban J connectivity index is 1.31. The number of hydrogen-bond donors (Lipinski definition) is 1. The summed E-state index contributed by atoms with van der Waals surface area (Å²) in [6.07, 6.45) is 2.46. The number of carbonyl (C=O) groups is 1. The molecule has 176 valence electrons. The molecule has 34 heavy (non-hydrogen) atoms. The lowest BCUT2D eigenvalue weighted by atomic mass is 10.2. The molecule has 1 amide bonds. The van der Waals surface area contributed by atoms with E-state index in [-0.39, 0.29) is 5.91 Å². The molecule has 0 aliphatic heterocycles. The second-order valence-corrected chi connectivity index (χ2v) is 8.83. The zero-order valence-corrected chi connectivity index (χ0v) is 20.8. The van der Waals surface area contributed by atoms with Crippen molar-refractivity contribution in [3.05, 3.63) is 88.7 Å². The van der Waals surface area contributed by atoms with Gasteiger partial charge in [0.1, 0.15) is 17.3 Å². The van der Waals surface area contributed by atoms with E-state index >= 15 is 0 Å². The van der Waals surface area contributed by atoms with Crippen LogP contribution in [0.2, 0.25) is 0 Å². The summed E-state index contributed by atoms with van der Waals surface area (Å²) < 4.78 is 14.3. The number of hydrogen-bond acceptors (Lipinski definition) is 4. The van der Waals surface area contributed by atoms with Gasteiger partial charge in [-0.15, -0.1) is 0 Å². The van der Waals surface area contributed by atoms with Gasteiger partial charge < -0.3 is 19.4 Å². The molecule has 0 aliphatic carbocycles. The highest BCUT2D eigenvalue weighted by Gasteiger charge is 2.11. The molecule has 4 aromatic rings. The fraction of sp³-hybridized carbons (Fsp3) is 0.259. The highest BCUT2D eigenvalue weighted by molar-refractivity contribution is 9.10. The van der Waals surface area contributed by atoms with Gasteiger partial charge in [-0.1, -0.05) is 28.1 Å². The maximum absolute atomic E-state index is 12.3.